The average molecular weight is 442 g/mol. The number of carbonyl (C=O) groups excluding carboxylic acids is 1. The van der Waals surface area contributed by atoms with E-state index in [0.29, 0.717) is 24.5 Å². The van der Waals surface area contributed by atoms with E-state index >= 15 is 0 Å². The zero-order chi connectivity index (χ0) is 23.3. The number of methoxy groups -OCH3 is 2. The summed E-state index contributed by atoms with van der Waals surface area (Å²) < 4.78 is 16.7. The van der Waals surface area contributed by atoms with Gasteiger partial charge in [0.15, 0.2) is 0 Å². The third kappa shape index (κ3) is 4.72. The predicted molar refractivity (Wildman–Crippen MR) is 121 cm³/mol. The van der Waals surface area contributed by atoms with Crippen molar-refractivity contribution in [2.24, 2.45) is 5.92 Å². The van der Waals surface area contributed by atoms with Crippen molar-refractivity contribution < 1.29 is 28.9 Å². The molecule has 2 atom stereocenters. The molecule has 0 unspecified atom stereocenters. The molecule has 1 fully saturated rings. The fraction of sp³-hybridized carbons (Fsp3) is 0.440. The van der Waals surface area contributed by atoms with Crippen LogP contribution >= 0.6 is 0 Å². The summed E-state index contributed by atoms with van der Waals surface area (Å²) in [5, 5.41) is 12.4. The van der Waals surface area contributed by atoms with Crippen molar-refractivity contribution in [2.45, 2.75) is 44.8 Å². The maximum atomic E-state index is 13.0. The van der Waals surface area contributed by atoms with Crippen LogP contribution in [-0.2, 0) is 20.7 Å². The molecule has 32 heavy (non-hydrogen) atoms. The van der Waals surface area contributed by atoms with Gasteiger partial charge in [-0.2, -0.15) is 0 Å². The van der Waals surface area contributed by atoms with Crippen LogP contribution in [0.4, 0.5) is 0 Å². The Hall–Kier alpha value is -3.06. The number of aliphatic carboxylic acids is 1. The summed E-state index contributed by atoms with van der Waals surface area (Å²) in [4.78, 5) is 24.9. The summed E-state index contributed by atoms with van der Waals surface area (Å²) >= 11 is 0. The Morgan fingerprint density at radius 3 is 2.19 bits per heavy atom. The number of carboxylic acid groups (broad SMARTS) is 1. The maximum absolute atomic E-state index is 13.0. The second-order valence-corrected chi connectivity index (χ2v) is 8.30. The Labute approximate surface area is 188 Å². The van der Waals surface area contributed by atoms with Crippen molar-refractivity contribution in [3.8, 4) is 22.6 Å². The van der Waals surface area contributed by atoms with Gasteiger partial charge in [-0.3, -0.25) is 4.79 Å². The van der Waals surface area contributed by atoms with Crippen molar-refractivity contribution in [1.82, 2.24) is 5.32 Å². The molecule has 7 heteroatoms. The first-order valence-corrected chi connectivity index (χ1v) is 10.8. The van der Waals surface area contributed by atoms with Gasteiger partial charge in [0.05, 0.1) is 19.8 Å². The highest BCUT2D eigenvalue weighted by Gasteiger charge is 2.46. The molecular weight excluding hydrogens is 410 g/mol. The highest BCUT2D eigenvalue weighted by atomic mass is 16.5. The van der Waals surface area contributed by atoms with E-state index in [1.807, 2.05) is 56.3 Å². The first kappa shape index (κ1) is 23.6. The fourth-order valence-electron chi connectivity index (χ4n) is 4.22. The molecule has 172 valence electrons. The average Bonchev–Trinajstić information content (AvgIpc) is 3.30. The van der Waals surface area contributed by atoms with Crippen LogP contribution in [0.1, 0.15) is 32.3 Å². The van der Waals surface area contributed by atoms with E-state index in [1.165, 1.54) is 0 Å². The standard InChI is InChI=1S/C25H31NO6/c1-16(2)25(13-6-14-32-25)24(29)26-19(23(27)28)15-17-9-11-18(12-10-17)22-20(30-3)7-5-8-21(22)31-4/h5,7-12,16,19H,6,13-15H2,1-4H3,(H,26,29)(H,27,28)/t19-,25-/m0/s1. The van der Waals surface area contributed by atoms with E-state index in [0.717, 1.165) is 23.1 Å². The third-order valence-electron chi connectivity index (χ3n) is 6.08. The van der Waals surface area contributed by atoms with Crippen LogP contribution in [0, 0.1) is 5.92 Å². The Bertz CT molecular complexity index is 925. The minimum atomic E-state index is -1.08. The molecule has 1 aliphatic heterocycles. The first-order valence-electron chi connectivity index (χ1n) is 10.8. The first-order chi connectivity index (χ1) is 15.3. The van der Waals surface area contributed by atoms with E-state index in [9.17, 15) is 14.7 Å². The van der Waals surface area contributed by atoms with Gasteiger partial charge in [0.1, 0.15) is 23.1 Å². The van der Waals surface area contributed by atoms with Crippen molar-refractivity contribution in [1.29, 1.82) is 0 Å². The molecule has 1 saturated heterocycles. The van der Waals surface area contributed by atoms with Gasteiger partial charge in [-0.15, -0.1) is 0 Å². The van der Waals surface area contributed by atoms with E-state index < -0.39 is 17.6 Å². The number of rotatable bonds is 9. The third-order valence-corrected chi connectivity index (χ3v) is 6.08. The Morgan fingerprint density at radius 1 is 1.09 bits per heavy atom. The van der Waals surface area contributed by atoms with Gasteiger partial charge in [-0.05, 0) is 42.0 Å². The lowest BCUT2D eigenvalue weighted by Crippen LogP contribution is -2.55. The minimum Gasteiger partial charge on any atom is -0.496 e. The highest BCUT2D eigenvalue weighted by Crippen LogP contribution is 2.38. The number of hydrogen-bond acceptors (Lipinski definition) is 5. The molecule has 0 radical (unpaired) electrons. The molecule has 0 bridgehead atoms. The molecule has 2 N–H and O–H groups in total. The predicted octanol–water partition coefficient (Wildman–Crippen LogP) is 3.69. The van der Waals surface area contributed by atoms with Crippen molar-refractivity contribution in [2.75, 3.05) is 20.8 Å². The Morgan fingerprint density at radius 2 is 1.72 bits per heavy atom. The van der Waals surface area contributed by atoms with Gasteiger partial charge in [-0.1, -0.05) is 44.2 Å². The molecule has 0 saturated carbocycles. The van der Waals surface area contributed by atoms with Gasteiger partial charge >= 0.3 is 5.97 Å². The second kappa shape index (κ2) is 10.0. The van der Waals surface area contributed by atoms with E-state index in [-0.39, 0.29) is 18.2 Å². The summed E-state index contributed by atoms with van der Waals surface area (Å²) in [7, 11) is 3.20. The summed E-state index contributed by atoms with van der Waals surface area (Å²) in [6.45, 7) is 4.36. The maximum Gasteiger partial charge on any atom is 0.326 e. The van der Waals surface area contributed by atoms with Crippen molar-refractivity contribution >= 4 is 11.9 Å². The van der Waals surface area contributed by atoms with Gasteiger partial charge in [-0.25, -0.2) is 4.79 Å². The zero-order valence-corrected chi connectivity index (χ0v) is 19.0. The molecule has 2 aromatic rings. The molecule has 1 aliphatic rings. The van der Waals surface area contributed by atoms with Gasteiger partial charge < -0.3 is 24.6 Å². The number of amides is 1. The molecule has 0 aromatic heterocycles. The number of carbonyl (C=O) groups is 2. The molecule has 0 aliphatic carbocycles. The van der Waals surface area contributed by atoms with Crippen LogP contribution in [0.5, 0.6) is 11.5 Å². The molecule has 0 spiro atoms. The molecule has 2 aromatic carbocycles. The Kier molecular flexibility index (Phi) is 7.40. The van der Waals surface area contributed by atoms with Gasteiger partial charge in [0.25, 0.3) is 5.91 Å². The van der Waals surface area contributed by atoms with Gasteiger partial charge in [0, 0.05) is 13.0 Å². The lowest BCUT2D eigenvalue weighted by Gasteiger charge is -2.32. The molecular formula is C25H31NO6. The number of ether oxygens (including phenoxy) is 3. The van der Waals surface area contributed by atoms with Crippen LogP contribution in [0.15, 0.2) is 42.5 Å². The highest BCUT2D eigenvalue weighted by molar-refractivity contribution is 5.90. The monoisotopic (exact) mass is 441 g/mol. The Balaban J connectivity index is 1.79. The van der Waals surface area contributed by atoms with Crippen LogP contribution in [0.2, 0.25) is 0 Å². The summed E-state index contributed by atoms with van der Waals surface area (Å²) in [6, 6.07) is 12.0. The molecule has 1 amide bonds. The smallest absolute Gasteiger partial charge is 0.326 e. The van der Waals surface area contributed by atoms with Crippen molar-refractivity contribution in [3.05, 3.63) is 48.0 Å². The molecule has 3 rings (SSSR count). The van der Waals surface area contributed by atoms with E-state index in [4.69, 9.17) is 14.2 Å². The van der Waals surface area contributed by atoms with Crippen molar-refractivity contribution in [3.63, 3.8) is 0 Å². The van der Waals surface area contributed by atoms with Crippen LogP contribution in [0.25, 0.3) is 11.1 Å². The number of benzene rings is 2. The summed E-state index contributed by atoms with van der Waals surface area (Å²) in [6.07, 6.45) is 1.55. The van der Waals surface area contributed by atoms with Gasteiger partial charge in [0.2, 0.25) is 0 Å². The number of carboxylic acids is 1. The SMILES string of the molecule is COc1cccc(OC)c1-c1ccc(C[C@H](NC(=O)[C@@]2(C(C)C)CCCO2)C(=O)O)cc1. The van der Waals surface area contributed by atoms with Crippen LogP contribution in [-0.4, -0.2) is 49.5 Å². The summed E-state index contributed by atoms with van der Waals surface area (Å²) in [5.41, 5.74) is 1.54. The molecule has 7 nitrogen and oxygen atoms in total. The largest absolute Gasteiger partial charge is 0.496 e. The number of hydrogen-bond donors (Lipinski definition) is 2. The van der Waals surface area contributed by atoms with E-state index in [2.05, 4.69) is 5.32 Å². The number of nitrogens with one attached hydrogen (secondary N) is 1. The lowest BCUT2D eigenvalue weighted by molar-refractivity contribution is -0.151. The molecule has 1 heterocycles. The lowest BCUT2D eigenvalue weighted by atomic mass is 9.86. The second-order valence-electron chi connectivity index (χ2n) is 8.30. The fourth-order valence-corrected chi connectivity index (χ4v) is 4.22. The van der Waals surface area contributed by atoms with Crippen LogP contribution in [0.3, 0.4) is 0 Å². The normalized spacial score (nSPS) is 18.9. The minimum absolute atomic E-state index is 0.0467. The van der Waals surface area contributed by atoms with E-state index in [1.54, 1.807) is 14.2 Å². The van der Waals surface area contributed by atoms with Crippen LogP contribution < -0.4 is 14.8 Å². The topological polar surface area (TPSA) is 94.1 Å². The summed E-state index contributed by atoms with van der Waals surface area (Å²) in [5.74, 6) is -0.111. The zero-order valence-electron chi connectivity index (χ0n) is 19.0. The quantitative estimate of drug-likeness (QED) is 0.616.